The Morgan fingerprint density at radius 3 is 2.56 bits per heavy atom. The molecule has 3 aromatic rings. The Bertz CT molecular complexity index is 1110. The summed E-state index contributed by atoms with van der Waals surface area (Å²) in [5.74, 6) is -0.630. The van der Waals surface area contributed by atoms with Crippen LogP contribution < -0.4 is 5.32 Å². The van der Waals surface area contributed by atoms with Gasteiger partial charge in [-0.1, -0.05) is 41.9 Å². The van der Waals surface area contributed by atoms with Gasteiger partial charge in [-0.2, -0.15) is 0 Å². The molecule has 0 fully saturated rings. The van der Waals surface area contributed by atoms with Crippen molar-refractivity contribution in [2.45, 2.75) is 6.54 Å². The quantitative estimate of drug-likeness (QED) is 0.707. The first-order chi connectivity index (χ1) is 13.0. The molecule has 2 heterocycles. The molecule has 136 valence electrons. The van der Waals surface area contributed by atoms with Crippen LogP contribution in [0.3, 0.4) is 0 Å². The van der Waals surface area contributed by atoms with E-state index in [0.717, 1.165) is 26.9 Å². The lowest BCUT2D eigenvalue weighted by Crippen LogP contribution is -2.29. The van der Waals surface area contributed by atoms with Crippen molar-refractivity contribution in [3.05, 3.63) is 76.6 Å². The number of likely N-dealkylation sites (N-methyl/N-ethyl adjacent to an activating group) is 1. The van der Waals surface area contributed by atoms with Crippen LogP contribution in [0.4, 0.5) is 0 Å². The van der Waals surface area contributed by atoms with Gasteiger partial charge in [-0.25, -0.2) is 0 Å². The summed E-state index contributed by atoms with van der Waals surface area (Å²) in [5.41, 5.74) is 3.41. The van der Waals surface area contributed by atoms with Crippen LogP contribution in [0, 0.1) is 0 Å². The highest BCUT2D eigenvalue weighted by Gasteiger charge is 2.37. The number of halogens is 1. The fraction of sp³-hybridized carbons (Fsp3) is 0.143. The minimum atomic E-state index is -0.329. The Labute approximate surface area is 161 Å². The van der Waals surface area contributed by atoms with Crippen molar-refractivity contribution in [3.63, 3.8) is 0 Å². The van der Waals surface area contributed by atoms with Gasteiger partial charge in [-0.3, -0.25) is 14.5 Å². The number of para-hydroxylation sites is 1. The highest BCUT2D eigenvalue weighted by Crippen LogP contribution is 2.33. The van der Waals surface area contributed by atoms with Crippen molar-refractivity contribution < 1.29 is 9.59 Å². The predicted octanol–water partition coefficient (Wildman–Crippen LogP) is 3.33. The third-order valence-electron chi connectivity index (χ3n) is 4.81. The molecule has 4 rings (SSSR count). The molecule has 1 N–H and O–H groups in total. The van der Waals surface area contributed by atoms with E-state index in [0.29, 0.717) is 22.8 Å². The summed E-state index contributed by atoms with van der Waals surface area (Å²) in [6, 6.07) is 15.2. The van der Waals surface area contributed by atoms with Crippen LogP contribution >= 0.6 is 11.6 Å². The monoisotopic (exact) mass is 379 g/mol. The molecular formula is C21H18ClN3O2. The normalized spacial score (nSPS) is 14.6. The van der Waals surface area contributed by atoms with Gasteiger partial charge in [0.05, 0.1) is 5.57 Å². The Balaban J connectivity index is 1.80. The fourth-order valence-corrected chi connectivity index (χ4v) is 3.65. The summed E-state index contributed by atoms with van der Waals surface area (Å²) in [6.07, 6.45) is 1.89. The fourth-order valence-electron chi connectivity index (χ4n) is 3.43. The molecule has 0 aliphatic carbocycles. The van der Waals surface area contributed by atoms with E-state index in [-0.39, 0.29) is 11.8 Å². The average molecular weight is 380 g/mol. The Morgan fingerprint density at radius 2 is 1.78 bits per heavy atom. The Hall–Kier alpha value is -3.05. The Kier molecular flexibility index (Phi) is 4.24. The summed E-state index contributed by atoms with van der Waals surface area (Å²) < 4.78 is 1.96. The van der Waals surface area contributed by atoms with Crippen molar-refractivity contribution in [3.8, 4) is 0 Å². The van der Waals surface area contributed by atoms with Crippen molar-refractivity contribution >= 4 is 39.9 Å². The zero-order valence-electron chi connectivity index (χ0n) is 15.0. The van der Waals surface area contributed by atoms with Crippen LogP contribution in [0.1, 0.15) is 11.1 Å². The topological polar surface area (TPSA) is 54.3 Å². The van der Waals surface area contributed by atoms with Gasteiger partial charge in [0, 0.05) is 48.3 Å². The maximum absolute atomic E-state index is 12.8. The molecular weight excluding hydrogens is 362 g/mol. The molecule has 0 unspecified atom stereocenters. The van der Waals surface area contributed by atoms with Crippen LogP contribution in [-0.4, -0.2) is 28.3 Å². The number of hydrogen-bond donors (Lipinski definition) is 1. The molecule has 0 atom stereocenters. The van der Waals surface area contributed by atoms with E-state index in [1.165, 1.54) is 7.05 Å². The van der Waals surface area contributed by atoms with Crippen LogP contribution in [0.2, 0.25) is 5.02 Å². The van der Waals surface area contributed by atoms with Crippen LogP contribution in [0.5, 0.6) is 0 Å². The lowest BCUT2D eigenvalue weighted by Gasteiger charge is -2.09. The minimum absolute atomic E-state index is 0.301. The van der Waals surface area contributed by atoms with E-state index in [4.69, 9.17) is 11.6 Å². The number of aromatic nitrogens is 1. The van der Waals surface area contributed by atoms with Crippen molar-refractivity contribution in [1.82, 2.24) is 14.8 Å². The number of benzene rings is 2. The number of imide groups is 1. The summed E-state index contributed by atoms with van der Waals surface area (Å²) in [7, 11) is 3.43. The first kappa shape index (κ1) is 17.4. The SMILES string of the molecule is CN1C(=O)C(NCc2cccc(Cl)c2)=C(c2cn(C)c3ccccc23)C1=O. The molecule has 0 spiro atoms. The largest absolute Gasteiger partial charge is 0.376 e. The smallest absolute Gasteiger partial charge is 0.277 e. The van der Waals surface area contributed by atoms with E-state index in [1.54, 1.807) is 6.07 Å². The maximum Gasteiger partial charge on any atom is 0.277 e. The summed E-state index contributed by atoms with van der Waals surface area (Å²) in [5, 5.41) is 4.72. The van der Waals surface area contributed by atoms with Gasteiger partial charge in [0.15, 0.2) is 0 Å². The first-order valence-electron chi connectivity index (χ1n) is 8.57. The summed E-state index contributed by atoms with van der Waals surface area (Å²) in [6.45, 7) is 0.400. The van der Waals surface area contributed by atoms with Gasteiger partial charge in [-0.05, 0) is 23.8 Å². The number of fused-ring (bicyclic) bond motifs is 1. The molecule has 2 amide bonds. The average Bonchev–Trinajstić information content (AvgIpc) is 3.10. The van der Waals surface area contributed by atoms with E-state index < -0.39 is 0 Å². The lowest BCUT2D eigenvalue weighted by molar-refractivity contribution is -0.135. The van der Waals surface area contributed by atoms with E-state index >= 15 is 0 Å². The summed E-state index contributed by atoms with van der Waals surface area (Å²) in [4.78, 5) is 26.7. The highest BCUT2D eigenvalue weighted by atomic mass is 35.5. The van der Waals surface area contributed by atoms with Gasteiger partial charge in [0.1, 0.15) is 5.70 Å². The number of rotatable bonds is 4. The second kappa shape index (κ2) is 6.59. The predicted molar refractivity (Wildman–Crippen MR) is 106 cm³/mol. The van der Waals surface area contributed by atoms with Gasteiger partial charge in [-0.15, -0.1) is 0 Å². The number of hydrogen-bond acceptors (Lipinski definition) is 3. The third kappa shape index (κ3) is 2.90. The minimum Gasteiger partial charge on any atom is -0.376 e. The van der Waals surface area contributed by atoms with Crippen molar-refractivity contribution in [2.24, 2.45) is 7.05 Å². The van der Waals surface area contributed by atoms with Crippen LogP contribution in [0.25, 0.3) is 16.5 Å². The zero-order chi connectivity index (χ0) is 19.1. The third-order valence-corrected chi connectivity index (χ3v) is 5.05. The highest BCUT2D eigenvalue weighted by molar-refractivity contribution is 6.37. The van der Waals surface area contributed by atoms with E-state index in [9.17, 15) is 9.59 Å². The van der Waals surface area contributed by atoms with E-state index in [1.807, 2.05) is 60.3 Å². The lowest BCUT2D eigenvalue weighted by atomic mass is 10.0. The second-order valence-electron chi connectivity index (χ2n) is 6.57. The molecule has 6 heteroatoms. The van der Waals surface area contributed by atoms with Crippen molar-refractivity contribution in [2.75, 3.05) is 7.05 Å². The number of amides is 2. The molecule has 1 aliphatic heterocycles. The molecule has 0 saturated heterocycles. The molecule has 0 bridgehead atoms. The number of nitrogens with zero attached hydrogens (tertiary/aromatic N) is 2. The standard InChI is InChI=1S/C21H18ClN3O2/c1-24-12-16(15-8-3-4-9-17(15)24)18-19(21(27)25(2)20(18)26)23-11-13-6-5-7-14(22)10-13/h3-10,12,23H,11H2,1-2H3. The molecule has 0 saturated carbocycles. The van der Waals surface area contributed by atoms with E-state index in [2.05, 4.69) is 5.32 Å². The second-order valence-corrected chi connectivity index (χ2v) is 7.01. The zero-order valence-corrected chi connectivity index (χ0v) is 15.7. The van der Waals surface area contributed by atoms with Gasteiger partial charge in [0.25, 0.3) is 11.8 Å². The molecule has 5 nitrogen and oxygen atoms in total. The van der Waals surface area contributed by atoms with Crippen LogP contribution in [0.15, 0.2) is 60.4 Å². The Morgan fingerprint density at radius 1 is 1.00 bits per heavy atom. The maximum atomic E-state index is 12.8. The number of carbonyl (C=O) groups excluding carboxylic acids is 2. The number of carbonyl (C=O) groups is 2. The van der Waals surface area contributed by atoms with Crippen LogP contribution in [-0.2, 0) is 23.2 Å². The molecule has 1 aromatic heterocycles. The number of nitrogens with one attached hydrogen (secondary N) is 1. The van der Waals surface area contributed by atoms with Gasteiger partial charge in [0.2, 0.25) is 0 Å². The first-order valence-corrected chi connectivity index (χ1v) is 8.94. The van der Waals surface area contributed by atoms with Gasteiger partial charge >= 0.3 is 0 Å². The summed E-state index contributed by atoms with van der Waals surface area (Å²) >= 11 is 6.04. The molecule has 27 heavy (non-hydrogen) atoms. The van der Waals surface area contributed by atoms with Gasteiger partial charge < -0.3 is 9.88 Å². The molecule has 1 aliphatic rings. The molecule has 2 aromatic carbocycles. The molecule has 0 radical (unpaired) electrons. The van der Waals surface area contributed by atoms with Crippen molar-refractivity contribution in [1.29, 1.82) is 0 Å². The number of aryl methyl sites for hydroxylation is 1.